The van der Waals surface area contributed by atoms with E-state index in [1.165, 1.54) is 5.56 Å². The highest BCUT2D eigenvalue weighted by molar-refractivity contribution is 7.71. The number of nitrogens with one attached hydrogen (secondary N) is 1. The Kier molecular flexibility index (Phi) is 4.31. The van der Waals surface area contributed by atoms with Crippen LogP contribution in [0.3, 0.4) is 0 Å². The summed E-state index contributed by atoms with van der Waals surface area (Å²) in [6, 6.07) is 10.8. The summed E-state index contributed by atoms with van der Waals surface area (Å²) in [5.74, 6) is 1.05. The van der Waals surface area contributed by atoms with E-state index in [2.05, 4.69) is 52.9 Å². The van der Waals surface area contributed by atoms with Crippen LogP contribution in [0, 0.1) is 4.77 Å². The Morgan fingerprint density at radius 3 is 2.61 bits per heavy atom. The second-order valence-electron chi connectivity index (χ2n) is 4.40. The number of rotatable bonds is 5. The van der Waals surface area contributed by atoms with E-state index in [1.807, 2.05) is 6.07 Å². The van der Waals surface area contributed by atoms with Gasteiger partial charge in [0.25, 0.3) is 0 Å². The summed E-state index contributed by atoms with van der Waals surface area (Å²) in [7, 11) is 0. The predicted octanol–water partition coefficient (Wildman–Crippen LogP) is 3.89. The van der Waals surface area contributed by atoms with Gasteiger partial charge >= 0.3 is 0 Å². The molecule has 1 heterocycles. The van der Waals surface area contributed by atoms with Gasteiger partial charge in [0.05, 0.1) is 6.04 Å². The molecule has 1 atom stereocenters. The highest BCUT2D eigenvalue weighted by Gasteiger charge is 2.16. The molecule has 0 saturated carbocycles. The number of aromatic nitrogens is 3. The van der Waals surface area contributed by atoms with Crippen LogP contribution >= 0.6 is 12.2 Å². The van der Waals surface area contributed by atoms with Crippen LogP contribution in [0.5, 0.6) is 0 Å². The Balaban J connectivity index is 2.45. The lowest BCUT2D eigenvalue weighted by molar-refractivity contribution is 0.532. The largest absolute Gasteiger partial charge is 0.297 e. The first-order valence-electron chi connectivity index (χ1n) is 6.48. The van der Waals surface area contributed by atoms with Crippen molar-refractivity contribution < 1.29 is 0 Å². The molecule has 0 aliphatic heterocycles. The quantitative estimate of drug-likeness (QED) is 0.828. The van der Waals surface area contributed by atoms with Crippen LogP contribution in [0.4, 0.5) is 0 Å². The summed E-state index contributed by atoms with van der Waals surface area (Å²) in [6.07, 6.45) is 3.04. The maximum absolute atomic E-state index is 5.37. The third-order valence-corrected chi connectivity index (χ3v) is 3.42. The molecule has 0 fully saturated rings. The van der Waals surface area contributed by atoms with Crippen LogP contribution in [-0.2, 0) is 6.42 Å². The molecule has 4 heteroatoms. The minimum absolute atomic E-state index is 0.277. The highest BCUT2D eigenvalue weighted by Crippen LogP contribution is 2.23. The molecule has 0 aliphatic rings. The third-order valence-electron chi connectivity index (χ3n) is 3.13. The minimum atomic E-state index is 0.277. The molecule has 1 unspecified atom stereocenters. The molecule has 0 radical (unpaired) electrons. The van der Waals surface area contributed by atoms with Crippen LogP contribution in [0.1, 0.15) is 44.1 Å². The van der Waals surface area contributed by atoms with Crippen LogP contribution in [0.25, 0.3) is 0 Å². The zero-order chi connectivity index (χ0) is 13.0. The lowest BCUT2D eigenvalue weighted by atomic mass is 10.0. The molecule has 2 rings (SSSR count). The van der Waals surface area contributed by atoms with Crippen LogP contribution in [0.2, 0.25) is 0 Å². The van der Waals surface area contributed by atoms with Gasteiger partial charge in [-0.2, -0.15) is 5.10 Å². The van der Waals surface area contributed by atoms with Crippen molar-refractivity contribution in [3.05, 3.63) is 46.5 Å². The van der Waals surface area contributed by atoms with Gasteiger partial charge in [-0.1, -0.05) is 44.2 Å². The topological polar surface area (TPSA) is 33.6 Å². The number of H-pyrrole nitrogens is 1. The molecule has 1 aromatic heterocycles. The zero-order valence-corrected chi connectivity index (χ0v) is 11.7. The molecule has 96 valence electrons. The molecular formula is C14H19N3S. The zero-order valence-electron chi connectivity index (χ0n) is 10.9. The predicted molar refractivity (Wildman–Crippen MR) is 76.3 cm³/mol. The Labute approximate surface area is 113 Å². The molecule has 1 aromatic carbocycles. The minimum Gasteiger partial charge on any atom is -0.297 e. The summed E-state index contributed by atoms with van der Waals surface area (Å²) in [5, 5.41) is 7.27. The average molecular weight is 261 g/mol. The van der Waals surface area contributed by atoms with Crippen molar-refractivity contribution in [3.8, 4) is 0 Å². The first kappa shape index (κ1) is 13.0. The molecule has 0 aliphatic carbocycles. The van der Waals surface area contributed by atoms with Gasteiger partial charge in [-0.25, -0.2) is 0 Å². The fourth-order valence-corrected chi connectivity index (χ4v) is 2.58. The normalized spacial score (nSPS) is 12.6. The molecule has 3 nitrogen and oxygen atoms in total. The summed E-state index contributed by atoms with van der Waals surface area (Å²) >= 11 is 5.37. The fraction of sp³-hybridized carbons (Fsp3) is 0.429. The van der Waals surface area contributed by atoms with E-state index in [0.29, 0.717) is 4.77 Å². The molecule has 0 saturated heterocycles. The Morgan fingerprint density at radius 1 is 1.28 bits per heavy atom. The molecule has 0 bridgehead atoms. The summed E-state index contributed by atoms with van der Waals surface area (Å²) < 4.78 is 2.88. The Bertz CT molecular complexity index is 542. The van der Waals surface area contributed by atoms with Gasteiger partial charge < -0.3 is 0 Å². The lowest BCUT2D eigenvalue weighted by Crippen LogP contribution is -2.13. The van der Waals surface area contributed by atoms with Crippen LogP contribution < -0.4 is 0 Å². The first-order valence-corrected chi connectivity index (χ1v) is 6.89. The van der Waals surface area contributed by atoms with E-state index in [-0.39, 0.29) is 6.04 Å². The number of hydrogen-bond donors (Lipinski definition) is 1. The average Bonchev–Trinajstić information content (AvgIpc) is 2.75. The second-order valence-corrected chi connectivity index (χ2v) is 4.79. The van der Waals surface area contributed by atoms with Crippen LogP contribution in [0.15, 0.2) is 30.3 Å². The molecule has 1 N–H and O–H groups in total. The molecule has 18 heavy (non-hydrogen) atoms. The van der Waals surface area contributed by atoms with Gasteiger partial charge in [-0.15, -0.1) is 0 Å². The van der Waals surface area contributed by atoms with Crippen molar-refractivity contribution in [2.24, 2.45) is 0 Å². The maximum Gasteiger partial charge on any atom is 0.195 e. The SMILES string of the molecule is CCCc1n[nH]c(=S)n1C(CC)c1ccccc1. The van der Waals surface area contributed by atoms with Gasteiger partial charge in [-0.3, -0.25) is 9.67 Å². The Morgan fingerprint density at radius 2 is 2.00 bits per heavy atom. The van der Waals surface area contributed by atoms with Crippen LogP contribution in [-0.4, -0.2) is 14.8 Å². The number of hydrogen-bond acceptors (Lipinski definition) is 2. The third kappa shape index (κ3) is 2.53. The number of benzene rings is 1. The van der Waals surface area contributed by atoms with Crippen molar-refractivity contribution in [1.29, 1.82) is 0 Å². The van der Waals surface area contributed by atoms with Gasteiger partial charge in [0.15, 0.2) is 4.77 Å². The highest BCUT2D eigenvalue weighted by atomic mass is 32.1. The smallest absolute Gasteiger partial charge is 0.195 e. The summed E-state index contributed by atoms with van der Waals surface area (Å²) in [5.41, 5.74) is 1.29. The monoisotopic (exact) mass is 261 g/mol. The van der Waals surface area contributed by atoms with Crippen molar-refractivity contribution in [2.45, 2.75) is 39.2 Å². The number of aryl methyl sites for hydroxylation is 1. The van der Waals surface area contributed by atoms with Crippen molar-refractivity contribution in [1.82, 2.24) is 14.8 Å². The van der Waals surface area contributed by atoms with E-state index < -0.39 is 0 Å². The van der Waals surface area contributed by atoms with Crippen molar-refractivity contribution >= 4 is 12.2 Å². The Hall–Kier alpha value is -1.42. The molecule has 2 aromatic rings. The fourth-order valence-electron chi connectivity index (χ4n) is 2.30. The lowest BCUT2D eigenvalue weighted by Gasteiger charge is -2.19. The van der Waals surface area contributed by atoms with E-state index >= 15 is 0 Å². The number of nitrogens with zero attached hydrogens (tertiary/aromatic N) is 2. The first-order chi connectivity index (χ1) is 8.77. The maximum atomic E-state index is 5.37. The van der Waals surface area contributed by atoms with Gasteiger partial charge in [-0.05, 0) is 30.6 Å². The standard InChI is InChI=1S/C14H19N3S/c1-3-8-13-15-16-14(18)17(13)12(4-2)11-9-6-5-7-10-11/h5-7,9-10,12H,3-4,8H2,1-2H3,(H,16,18). The van der Waals surface area contributed by atoms with Gasteiger partial charge in [0.1, 0.15) is 5.82 Å². The summed E-state index contributed by atoms with van der Waals surface area (Å²) in [6.45, 7) is 4.34. The van der Waals surface area contributed by atoms with E-state index in [0.717, 1.165) is 25.1 Å². The second kappa shape index (κ2) is 5.96. The van der Waals surface area contributed by atoms with Gasteiger partial charge in [0.2, 0.25) is 0 Å². The molecule has 0 amide bonds. The van der Waals surface area contributed by atoms with E-state index in [1.54, 1.807) is 0 Å². The number of aromatic amines is 1. The summed E-state index contributed by atoms with van der Waals surface area (Å²) in [4.78, 5) is 0. The van der Waals surface area contributed by atoms with Crippen molar-refractivity contribution in [3.63, 3.8) is 0 Å². The van der Waals surface area contributed by atoms with Gasteiger partial charge in [0, 0.05) is 6.42 Å². The van der Waals surface area contributed by atoms with Crippen molar-refractivity contribution in [2.75, 3.05) is 0 Å². The molecule has 0 spiro atoms. The van der Waals surface area contributed by atoms with E-state index in [4.69, 9.17) is 12.2 Å². The van der Waals surface area contributed by atoms with E-state index in [9.17, 15) is 0 Å². The molecular weight excluding hydrogens is 242 g/mol.